The lowest BCUT2D eigenvalue weighted by Gasteiger charge is -2.06. The molecule has 0 amide bonds. The van der Waals surface area contributed by atoms with Crippen LogP contribution in [0.4, 0.5) is 0 Å². The van der Waals surface area contributed by atoms with Crippen LogP contribution in [-0.4, -0.2) is 4.98 Å². The third-order valence-corrected chi connectivity index (χ3v) is 2.73. The minimum Gasteiger partial charge on any atom is -0.326 e. The molecule has 4 heteroatoms. The van der Waals surface area contributed by atoms with Crippen LogP contribution in [0, 0.1) is 6.92 Å². The maximum Gasteiger partial charge on any atom is 0.248 e. The van der Waals surface area contributed by atoms with Crippen molar-refractivity contribution in [1.82, 2.24) is 4.98 Å². The highest BCUT2D eigenvalue weighted by Gasteiger charge is 2.04. The molecular weight excluding hydrogens is 245 g/mol. The zero-order valence-corrected chi connectivity index (χ0v) is 10.1. The van der Waals surface area contributed by atoms with Crippen LogP contribution in [-0.2, 0) is 0 Å². The number of pyridine rings is 1. The summed E-state index contributed by atoms with van der Waals surface area (Å²) in [6.45, 7) is 1.84. The third kappa shape index (κ3) is 2.29. The molecule has 0 bridgehead atoms. The third-order valence-electron chi connectivity index (χ3n) is 2.29. The van der Waals surface area contributed by atoms with Crippen LogP contribution in [0.25, 0.3) is 11.1 Å². The second-order valence-electron chi connectivity index (χ2n) is 3.52. The summed E-state index contributed by atoms with van der Waals surface area (Å²) in [5.41, 5.74) is 2.50. The first-order valence-corrected chi connectivity index (χ1v) is 5.48. The van der Waals surface area contributed by atoms with Crippen molar-refractivity contribution in [2.24, 2.45) is 0 Å². The SMILES string of the molecule is Cc1[nH]c(=O)ccc1-c1cc(Cl)cc(Cl)c1. The molecule has 0 aliphatic heterocycles. The molecule has 0 radical (unpaired) electrons. The first-order valence-electron chi connectivity index (χ1n) is 4.72. The minimum absolute atomic E-state index is 0.116. The number of halogens is 2. The quantitative estimate of drug-likeness (QED) is 0.827. The number of hydrogen-bond donors (Lipinski definition) is 1. The molecule has 0 saturated heterocycles. The summed E-state index contributed by atoms with van der Waals surface area (Å²) < 4.78 is 0. The maximum atomic E-state index is 11.1. The van der Waals surface area contributed by atoms with Gasteiger partial charge in [0.1, 0.15) is 0 Å². The standard InChI is InChI=1S/C12H9Cl2NO/c1-7-11(2-3-12(16)15-7)8-4-9(13)6-10(14)5-8/h2-6H,1H3,(H,15,16). The Hall–Kier alpha value is -1.25. The highest BCUT2D eigenvalue weighted by atomic mass is 35.5. The number of H-pyrrole nitrogens is 1. The number of aromatic amines is 1. The van der Waals surface area contributed by atoms with Crippen molar-refractivity contribution in [2.45, 2.75) is 6.92 Å². The Morgan fingerprint density at radius 2 is 1.69 bits per heavy atom. The molecule has 0 atom stereocenters. The van der Waals surface area contributed by atoms with Crippen molar-refractivity contribution < 1.29 is 0 Å². The van der Waals surface area contributed by atoms with Gasteiger partial charge < -0.3 is 4.98 Å². The second kappa shape index (κ2) is 4.32. The van der Waals surface area contributed by atoms with Crippen molar-refractivity contribution >= 4 is 23.2 Å². The number of aryl methyl sites for hydroxylation is 1. The van der Waals surface area contributed by atoms with Gasteiger partial charge in [-0.15, -0.1) is 0 Å². The van der Waals surface area contributed by atoms with Crippen molar-refractivity contribution in [3.8, 4) is 11.1 Å². The zero-order chi connectivity index (χ0) is 11.7. The molecule has 1 heterocycles. The van der Waals surface area contributed by atoms with Crippen molar-refractivity contribution in [3.63, 3.8) is 0 Å². The van der Waals surface area contributed by atoms with Gasteiger partial charge in [0.2, 0.25) is 5.56 Å². The number of aromatic nitrogens is 1. The molecule has 0 spiro atoms. The highest BCUT2D eigenvalue weighted by molar-refractivity contribution is 6.35. The lowest BCUT2D eigenvalue weighted by Crippen LogP contribution is -2.05. The fraction of sp³-hybridized carbons (Fsp3) is 0.0833. The van der Waals surface area contributed by atoms with E-state index in [-0.39, 0.29) is 5.56 Å². The molecule has 0 aliphatic rings. The van der Waals surface area contributed by atoms with Crippen molar-refractivity contribution in [1.29, 1.82) is 0 Å². The molecule has 2 aromatic rings. The van der Waals surface area contributed by atoms with Crippen LogP contribution in [0.2, 0.25) is 10.0 Å². The van der Waals surface area contributed by atoms with Gasteiger partial charge in [0, 0.05) is 27.4 Å². The van der Waals surface area contributed by atoms with Crippen LogP contribution in [0.5, 0.6) is 0 Å². The van der Waals surface area contributed by atoms with Gasteiger partial charge in [0.15, 0.2) is 0 Å². The van der Waals surface area contributed by atoms with Gasteiger partial charge in [-0.3, -0.25) is 4.79 Å². The molecule has 1 aromatic heterocycles. The molecule has 0 saturated carbocycles. The number of hydrogen-bond acceptors (Lipinski definition) is 1. The van der Waals surface area contributed by atoms with E-state index in [2.05, 4.69) is 4.98 Å². The topological polar surface area (TPSA) is 32.9 Å². The van der Waals surface area contributed by atoms with Crippen LogP contribution < -0.4 is 5.56 Å². The van der Waals surface area contributed by atoms with Gasteiger partial charge in [-0.2, -0.15) is 0 Å². The molecular formula is C12H9Cl2NO. The van der Waals surface area contributed by atoms with Gasteiger partial charge in [-0.05, 0) is 36.8 Å². The maximum absolute atomic E-state index is 11.1. The summed E-state index contributed by atoms with van der Waals surface area (Å²) in [5.74, 6) is 0. The van der Waals surface area contributed by atoms with Crippen molar-refractivity contribution in [2.75, 3.05) is 0 Å². The summed E-state index contributed by atoms with van der Waals surface area (Å²) >= 11 is 11.9. The molecule has 0 fully saturated rings. The minimum atomic E-state index is -0.116. The molecule has 2 nitrogen and oxygen atoms in total. The Morgan fingerprint density at radius 1 is 1.06 bits per heavy atom. The van der Waals surface area contributed by atoms with E-state index in [1.165, 1.54) is 6.07 Å². The predicted molar refractivity (Wildman–Crippen MR) is 67.3 cm³/mol. The van der Waals surface area contributed by atoms with Gasteiger partial charge in [0.05, 0.1) is 0 Å². The second-order valence-corrected chi connectivity index (χ2v) is 4.39. The van der Waals surface area contributed by atoms with E-state index in [0.717, 1.165) is 16.8 Å². The highest BCUT2D eigenvalue weighted by Crippen LogP contribution is 2.27. The van der Waals surface area contributed by atoms with E-state index in [1.54, 1.807) is 12.1 Å². The molecule has 2 rings (SSSR count). The molecule has 0 aliphatic carbocycles. The fourth-order valence-electron chi connectivity index (χ4n) is 1.60. The van der Waals surface area contributed by atoms with Crippen LogP contribution in [0.15, 0.2) is 35.1 Å². The lowest BCUT2D eigenvalue weighted by molar-refractivity contribution is 1.15. The Balaban J connectivity index is 2.62. The molecule has 82 valence electrons. The van der Waals surface area contributed by atoms with E-state index in [0.29, 0.717) is 10.0 Å². The van der Waals surface area contributed by atoms with E-state index in [1.807, 2.05) is 19.1 Å². The number of benzene rings is 1. The van der Waals surface area contributed by atoms with Gasteiger partial charge in [-0.25, -0.2) is 0 Å². The average Bonchev–Trinajstić information content (AvgIpc) is 2.15. The monoisotopic (exact) mass is 253 g/mol. The van der Waals surface area contributed by atoms with Crippen LogP contribution >= 0.6 is 23.2 Å². The fourth-order valence-corrected chi connectivity index (χ4v) is 2.13. The van der Waals surface area contributed by atoms with E-state index in [4.69, 9.17) is 23.2 Å². The Kier molecular flexibility index (Phi) is 3.03. The summed E-state index contributed by atoms with van der Waals surface area (Å²) in [4.78, 5) is 13.8. The molecule has 16 heavy (non-hydrogen) atoms. The summed E-state index contributed by atoms with van der Waals surface area (Å²) in [5, 5.41) is 1.15. The number of nitrogens with one attached hydrogen (secondary N) is 1. The summed E-state index contributed by atoms with van der Waals surface area (Å²) in [7, 11) is 0. The summed E-state index contributed by atoms with van der Waals surface area (Å²) in [6, 6.07) is 8.54. The number of rotatable bonds is 1. The Labute approximate surface area is 103 Å². The lowest BCUT2D eigenvalue weighted by atomic mass is 10.0. The van der Waals surface area contributed by atoms with Gasteiger partial charge in [-0.1, -0.05) is 23.2 Å². The van der Waals surface area contributed by atoms with E-state index in [9.17, 15) is 4.79 Å². The normalized spacial score (nSPS) is 10.4. The first kappa shape index (κ1) is 11.2. The van der Waals surface area contributed by atoms with Crippen molar-refractivity contribution in [3.05, 3.63) is 56.4 Å². The van der Waals surface area contributed by atoms with Crippen LogP contribution in [0.1, 0.15) is 5.69 Å². The Morgan fingerprint density at radius 3 is 2.25 bits per heavy atom. The predicted octanol–water partition coefficient (Wildman–Crippen LogP) is 3.66. The van der Waals surface area contributed by atoms with Crippen LogP contribution in [0.3, 0.4) is 0 Å². The van der Waals surface area contributed by atoms with Gasteiger partial charge >= 0.3 is 0 Å². The first-order chi connectivity index (χ1) is 7.56. The Bertz CT molecular complexity index is 570. The van der Waals surface area contributed by atoms with E-state index < -0.39 is 0 Å². The smallest absolute Gasteiger partial charge is 0.248 e. The zero-order valence-electron chi connectivity index (χ0n) is 8.55. The van der Waals surface area contributed by atoms with Gasteiger partial charge in [0.25, 0.3) is 0 Å². The molecule has 0 unspecified atom stereocenters. The average molecular weight is 254 g/mol. The summed E-state index contributed by atoms with van der Waals surface area (Å²) in [6.07, 6.45) is 0. The molecule has 1 aromatic carbocycles. The molecule has 1 N–H and O–H groups in total. The largest absolute Gasteiger partial charge is 0.326 e. The van der Waals surface area contributed by atoms with E-state index >= 15 is 0 Å².